The monoisotopic (exact) mass is 378 g/mol. The van der Waals surface area contributed by atoms with Crippen molar-refractivity contribution in [2.24, 2.45) is 11.8 Å². The van der Waals surface area contributed by atoms with Crippen molar-refractivity contribution in [3.05, 3.63) is 37.4 Å². The molecule has 8 heteroatoms. The number of aromatic nitrogens is 4. The lowest BCUT2D eigenvalue weighted by Crippen LogP contribution is -2.49. The Morgan fingerprint density at radius 3 is 1.48 bits per heavy atom. The summed E-state index contributed by atoms with van der Waals surface area (Å²) < 4.78 is 17.5. The lowest BCUT2D eigenvalue weighted by molar-refractivity contribution is -0.912. The van der Waals surface area contributed by atoms with E-state index in [9.17, 15) is 9.59 Å². The molecule has 0 unspecified atom stereocenters. The zero-order chi connectivity index (χ0) is 20.1. The highest BCUT2D eigenvalue weighted by atomic mass is 16.5. The quantitative estimate of drug-likeness (QED) is 0.510. The van der Waals surface area contributed by atoms with E-state index in [2.05, 4.69) is 0 Å². The molecule has 0 amide bonds. The summed E-state index contributed by atoms with van der Waals surface area (Å²) in [5.41, 5.74) is 0. The smallest absolute Gasteiger partial charge is 0.351 e. The molecule has 0 aliphatic carbocycles. The summed E-state index contributed by atoms with van der Waals surface area (Å²) in [5, 5.41) is 0. The van der Waals surface area contributed by atoms with Crippen LogP contribution < -0.4 is 9.13 Å². The maximum atomic E-state index is 12.1. The lowest BCUT2D eigenvalue weighted by atomic mass is 10.0. The van der Waals surface area contributed by atoms with Gasteiger partial charge < -0.3 is 9.47 Å². The first-order chi connectivity index (χ1) is 12.8. The molecule has 2 atom stereocenters. The van der Waals surface area contributed by atoms with Gasteiger partial charge in [-0.2, -0.15) is 9.13 Å². The molecule has 8 nitrogen and oxygen atoms in total. The molecule has 2 aromatic heterocycles. The van der Waals surface area contributed by atoms with Crippen molar-refractivity contribution in [3.63, 3.8) is 0 Å². The van der Waals surface area contributed by atoms with Crippen LogP contribution in [0.3, 0.4) is 0 Å². The number of carbonyl (C=O) groups is 2. The summed E-state index contributed by atoms with van der Waals surface area (Å²) in [6.07, 6.45) is 11.3. The third-order valence-electron chi connectivity index (χ3n) is 4.54. The molecule has 0 N–H and O–H groups in total. The second kappa shape index (κ2) is 8.83. The van der Waals surface area contributed by atoms with Gasteiger partial charge in [0.2, 0.25) is 19.3 Å². The van der Waals surface area contributed by atoms with Crippen LogP contribution in [0.4, 0.5) is 0 Å². The summed E-state index contributed by atoms with van der Waals surface area (Å²) >= 11 is 0. The summed E-state index contributed by atoms with van der Waals surface area (Å²) in [7, 11) is 2.81. The average Bonchev–Trinajstić information content (AvgIpc) is 3.24. The summed E-state index contributed by atoms with van der Waals surface area (Å²) in [6, 6.07) is -0.731. The van der Waals surface area contributed by atoms with E-state index < -0.39 is 0 Å². The molecular weight excluding hydrogens is 348 g/mol. The highest BCUT2D eigenvalue weighted by Crippen LogP contribution is 2.19. The standard InChI is InChI=1S/C19H30N4O4/c1-14(2)16(18(24)26-5)22-9-7-20(12-22)11-21-8-10-23(13-21)17(15(3)4)19(25)27-6/h7-10,12-17H,11H2,1-6H3/q+2/t16-,17-/m0/s1. The molecule has 2 rings (SSSR count). The van der Waals surface area contributed by atoms with Crippen molar-refractivity contribution in [3.8, 4) is 0 Å². The molecule has 0 saturated carbocycles. The van der Waals surface area contributed by atoms with Crippen LogP contribution in [0, 0.1) is 11.8 Å². The van der Waals surface area contributed by atoms with Crippen LogP contribution >= 0.6 is 0 Å². The number of hydrogen-bond donors (Lipinski definition) is 0. The van der Waals surface area contributed by atoms with Gasteiger partial charge in [0.1, 0.15) is 24.8 Å². The number of imidazole rings is 2. The van der Waals surface area contributed by atoms with Gasteiger partial charge in [-0.25, -0.2) is 18.7 Å². The Balaban J connectivity index is 2.17. The van der Waals surface area contributed by atoms with Crippen molar-refractivity contribution in [1.29, 1.82) is 0 Å². The van der Waals surface area contributed by atoms with Gasteiger partial charge in [0.15, 0.2) is 12.1 Å². The number of nitrogens with zero attached hydrogens (tertiary/aromatic N) is 4. The lowest BCUT2D eigenvalue weighted by Gasteiger charge is -2.14. The molecule has 0 saturated heterocycles. The Morgan fingerprint density at radius 2 is 1.19 bits per heavy atom. The highest BCUT2D eigenvalue weighted by molar-refractivity contribution is 5.74. The van der Waals surface area contributed by atoms with E-state index in [1.54, 1.807) is 0 Å². The number of rotatable bonds is 8. The van der Waals surface area contributed by atoms with Crippen molar-refractivity contribution >= 4 is 11.9 Å². The Morgan fingerprint density at radius 1 is 0.815 bits per heavy atom. The van der Waals surface area contributed by atoms with Crippen LogP contribution in [0.5, 0.6) is 0 Å². The fraction of sp³-hybridized carbons (Fsp3) is 0.579. The van der Waals surface area contributed by atoms with E-state index in [4.69, 9.17) is 9.47 Å². The van der Waals surface area contributed by atoms with Crippen LogP contribution in [0.1, 0.15) is 39.8 Å². The minimum atomic E-state index is -0.365. The van der Waals surface area contributed by atoms with Crippen LogP contribution in [0.15, 0.2) is 37.4 Å². The molecule has 0 fully saturated rings. The van der Waals surface area contributed by atoms with E-state index >= 15 is 0 Å². The second-order valence-electron chi connectivity index (χ2n) is 7.32. The van der Waals surface area contributed by atoms with Gasteiger partial charge in [-0.15, -0.1) is 0 Å². The van der Waals surface area contributed by atoms with Crippen molar-refractivity contribution in [2.75, 3.05) is 14.2 Å². The van der Waals surface area contributed by atoms with Crippen LogP contribution in [0.25, 0.3) is 0 Å². The number of esters is 2. The van der Waals surface area contributed by atoms with Gasteiger partial charge in [0.05, 0.1) is 14.2 Å². The van der Waals surface area contributed by atoms with Crippen molar-refractivity contribution in [2.45, 2.75) is 46.4 Å². The predicted molar refractivity (Wildman–Crippen MR) is 96.4 cm³/mol. The molecule has 27 heavy (non-hydrogen) atoms. The molecule has 0 spiro atoms. The van der Waals surface area contributed by atoms with Crippen LogP contribution in [-0.4, -0.2) is 35.3 Å². The predicted octanol–water partition coefficient (Wildman–Crippen LogP) is 1.11. The van der Waals surface area contributed by atoms with Crippen LogP contribution in [0.2, 0.25) is 0 Å². The van der Waals surface area contributed by atoms with Gasteiger partial charge in [-0.05, 0) is 0 Å². The van der Waals surface area contributed by atoms with E-state index in [0.29, 0.717) is 6.67 Å². The first-order valence-electron chi connectivity index (χ1n) is 9.07. The third kappa shape index (κ3) is 4.75. The fourth-order valence-corrected chi connectivity index (χ4v) is 3.22. The Labute approximate surface area is 159 Å². The Hall–Kier alpha value is -2.64. The topological polar surface area (TPSA) is 70.2 Å². The molecule has 148 valence electrons. The molecule has 0 bridgehead atoms. The van der Waals surface area contributed by atoms with Crippen molar-refractivity contribution in [1.82, 2.24) is 9.13 Å². The summed E-state index contributed by atoms with van der Waals surface area (Å²) in [4.78, 5) is 24.1. The molecule has 0 aliphatic heterocycles. The molecular formula is C19H30N4O4+2. The van der Waals surface area contributed by atoms with E-state index in [0.717, 1.165) is 0 Å². The van der Waals surface area contributed by atoms with Gasteiger partial charge in [0.25, 0.3) is 0 Å². The summed E-state index contributed by atoms with van der Waals surface area (Å²) in [5.74, 6) is -0.299. The van der Waals surface area contributed by atoms with Crippen LogP contribution in [-0.2, 0) is 25.7 Å². The number of methoxy groups -OCH3 is 2. The second-order valence-corrected chi connectivity index (χ2v) is 7.32. The normalized spacial score (nSPS) is 13.6. The average molecular weight is 378 g/mol. The molecule has 0 aliphatic rings. The maximum Gasteiger partial charge on any atom is 0.351 e. The van der Waals surface area contributed by atoms with E-state index in [1.807, 2.05) is 83.4 Å². The number of hydrogen-bond acceptors (Lipinski definition) is 4. The molecule has 2 heterocycles. The molecule has 0 radical (unpaired) electrons. The van der Waals surface area contributed by atoms with Gasteiger partial charge >= 0.3 is 11.9 Å². The number of carbonyl (C=O) groups excluding carboxylic acids is 2. The van der Waals surface area contributed by atoms with E-state index in [-0.39, 0.29) is 35.9 Å². The molecule has 0 aromatic carbocycles. The van der Waals surface area contributed by atoms with Gasteiger partial charge in [-0.3, -0.25) is 0 Å². The Bertz CT molecular complexity index is 714. The first kappa shape index (κ1) is 20.7. The van der Waals surface area contributed by atoms with E-state index in [1.165, 1.54) is 14.2 Å². The van der Waals surface area contributed by atoms with Crippen molar-refractivity contribution < 1.29 is 28.2 Å². The Kier molecular flexibility index (Phi) is 6.76. The molecule has 2 aromatic rings. The summed E-state index contributed by atoms with van der Waals surface area (Å²) in [6.45, 7) is 8.50. The minimum absolute atomic E-state index is 0.110. The van der Waals surface area contributed by atoms with Gasteiger partial charge in [-0.1, -0.05) is 27.7 Å². The largest absolute Gasteiger partial charge is 0.466 e. The number of ether oxygens (including phenoxy) is 2. The highest BCUT2D eigenvalue weighted by Gasteiger charge is 2.31. The minimum Gasteiger partial charge on any atom is -0.466 e. The maximum absolute atomic E-state index is 12.1. The van der Waals surface area contributed by atoms with Gasteiger partial charge in [0, 0.05) is 11.8 Å². The zero-order valence-electron chi connectivity index (χ0n) is 16.9. The fourth-order valence-electron chi connectivity index (χ4n) is 3.22. The zero-order valence-corrected chi connectivity index (χ0v) is 16.9. The SMILES string of the molecule is COC(=O)[C@H](C(C)C)n1cc[n+](C[n+]2ccn([C@H](C(=O)OC)C(C)C)c2)c1. The third-order valence-corrected chi connectivity index (χ3v) is 4.54. The first-order valence-corrected chi connectivity index (χ1v) is 9.07.